The van der Waals surface area contributed by atoms with Gasteiger partial charge in [-0.25, -0.2) is 0 Å². The first-order valence-corrected chi connectivity index (χ1v) is 4.37. The SMILES string of the molecule is CC1(C)CO[C@H]1c1ccccc1. The van der Waals surface area contributed by atoms with E-state index in [9.17, 15) is 0 Å². The van der Waals surface area contributed by atoms with E-state index < -0.39 is 0 Å². The summed E-state index contributed by atoms with van der Waals surface area (Å²) in [6, 6.07) is 10.4. The van der Waals surface area contributed by atoms with Crippen molar-refractivity contribution in [1.82, 2.24) is 0 Å². The summed E-state index contributed by atoms with van der Waals surface area (Å²) in [7, 11) is 0. The minimum Gasteiger partial charge on any atom is -0.372 e. The zero-order valence-corrected chi connectivity index (χ0v) is 7.58. The van der Waals surface area contributed by atoms with E-state index in [2.05, 4.69) is 38.1 Å². The van der Waals surface area contributed by atoms with Crippen LogP contribution >= 0.6 is 0 Å². The molecule has 0 bridgehead atoms. The third-order valence-corrected chi connectivity index (χ3v) is 2.43. The van der Waals surface area contributed by atoms with E-state index in [1.165, 1.54) is 5.56 Å². The monoisotopic (exact) mass is 162 g/mol. The van der Waals surface area contributed by atoms with Gasteiger partial charge in [0, 0.05) is 5.41 Å². The summed E-state index contributed by atoms with van der Waals surface area (Å²) >= 11 is 0. The molecule has 0 unspecified atom stereocenters. The van der Waals surface area contributed by atoms with Crippen molar-refractivity contribution in [3.8, 4) is 0 Å². The van der Waals surface area contributed by atoms with Gasteiger partial charge in [0.25, 0.3) is 0 Å². The molecule has 64 valence electrons. The molecule has 0 amide bonds. The number of hydrogen-bond donors (Lipinski definition) is 0. The van der Waals surface area contributed by atoms with Crippen LogP contribution in [0.25, 0.3) is 0 Å². The van der Waals surface area contributed by atoms with Crippen LogP contribution < -0.4 is 0 Å². The highest BCUT2D eigenvalue weighted by atomic mass is 16.5. The summed E-state index contributed by atoms with van der Waals surface area (Å²) in [4.78, 5) is 0. The number of benzene rings is 1. The van der Waals surface area contributed by atoms with E-state index in [0.29, 0.717) is 11.5 Å². The second-order valence-corrected chi connectivity index (χ2v) is 4.09. The minimum atomic E-state index is 0.304. The Morgan fingerprint density at radius 3 is 2.33 bits per heavy atom. The van der Waals surface area contributed by atoms with Crippen LogP contribution in [0.4, 0.5) is 0 Å². The molecule has 1 heterocycles. The molecule has 0 aromatic heterocycles. The lowest BCUT2D eigenvalue weighted by molar-refractivity contribution is -0.172. The summed E-state index contributed by atoms with van der Waals surface area (Å²) in [5, 5.41) is 0. The molecule has 1 heteroatoms. The summed E-state index contributed by atoms with van der Waals surface area (Å²) in [5.41, 5.74) is 1.62. The van der Waals surface area contributed by atoms with Gasteiger partial charge in [-0.1, -0.05) is 44.2 Å². The molecular formula is C11H14O. The largest absolute Gasteiger partial charge is 0.372 e. The van der Waals surface area contributed by atoms with Gasteiger partial charge < -0.3 is 4.74 Å². The quantitative estimate of drug-likeness (QED) is 0.617. The highest BCUT2D eigenvalue weighted by Gasteiger charge is 2.40. The number of ether oxygens (including phenoxy) is 1. The lowest BCUT2D eigenvalue weighted by Gasteiger charge is -2.44. The molecule has 1 atom stereocenters. The van der Waals surface area contributed by atoms with Crippen LogP contribution in [0.5, 0.6) is 0 Å². The standard InChI is InChI=1S/C11H14O/c1-11(2)8-12-10(11)9-6-4-3-5-7-9/h3-7,10H,8H2,1-2H3/t10-/m0/s1. The van der Waals surface area contributed by atoms with Gasteiger partial charge in [-0.15, -0.1) is 0 Å². The lowest BCUT2D eigenvalue weighted by atomic mass is 9.79. The Morgan fingerprint density at radius 2 is 1.92 bits per heavy atom. The van der Waals surface area contributed by atoms with Crippen molar-refractivity contribution in [2.75, 3.05) is 6.61 Å². The Balaban J connectivity index is 2.22. The fraction of sp³-hybridized carbons (Fsp3) is 0.455. The molecule has 1 fully saturated rings. The van der Waals surface area contributed by atoms with Gasteiger partial charge in [-0.2, -0.15) is 0 Å². The summed E-state index contributed by atoms with van der Waals surface area (Å²) in [6.07, 6.45) is 0.304. The van der Waals surface area contributed by atoms with Gasteiger partial charge in [0.1, 0.15) is 0 Å². The van der Waals surface area contributed by atoms with Crippen molar-refractivity contribution in [1.29, 1.82) is 0 Å². The van der Waals surface area contributed by atoms with Gasteiger partial charge in [0.15, 0.2) is 0 Å². The van der Waals surface area contributed by atoms with Gasteiger partial charge in [-0.3, -0.25) is 0 Å². The Kier molecular flexibility index (Phi) is 1.69. The van der Waals surface area contributed by atoms with Crippen LogP contribution in [-0.2, 0) is 4.74 Å². The van der Waals surface area contributed by atoms with Gasteiger partial charge in [-0.05, 0) is 5.56 Å². The first-order valence-electron chi connectivity index (χ1n) is 4.37. The first-order chi connectivity index (χ1) is 5.70. The van der Waals surface area contributed by atoms with Crippen molar-refractivity contribution >= 4 is 0 Å². The molecular weight excluding hydrogens is 148 g/mol. The normalized spacial score (nSPS) is 26.3. The van der Waals surface area contributed by atoms with Gasteiger partial charge in [0.05, 0.1) is 12.7 Å². The van der Waals surface area contributed by atoms with Gasteiger partial charge in [0.2, 0.25) is 0 Å². The van der Waals surface area contributed by atoms with Crippen LogP contribution in [0.1, 0.15) is 25.5 Å². The molecule has 1 aromatic carbocycles. The molecule has 1 aliphatic rings. The van der Waals surface area contributed by atoms with Crippen molar-refractivity contribution < 1.29 is 4.74 Å². The minimum absolute atomic E-state index is 0.304. The van der Waals surface area contributed by atoms with E-state index in [4.69, 9.17) is 4.74 Å². The fourth-order valence-electron chi connectivity index (χ4n) is 1.68. The van der Waals surface area contributed by atoms with Crippen molar-refractivity contribution in [2.45, 2.75) is 20.0 Å². The van der Waals surface area contributed by atoms with E-state index in [0.717, 1.165) is 6.61 Å². The molecule has 0 saturated carbocycles. The van der Waals surface area contributed by atoms with Crippen molar-refractivity contribution in [3.05, 3.63) is 35.9 Å². The maximum Gasteiger partial charge on any atom is 0.0898 e. The second kappa shape index (κ2) is 2.60. The Morgan fingerprint density at radius 1 is 1.25 bits per heavy atom. The van der Waals surface area contributed by atoms with Crippen LogP contribution in [0, 0.1) is 5.41 Å². The molecule has 1 aromatic rings. The second-order valence-electron chi connectivity index (χ2n) is 4.09. The zero-order valence-electron chi connectivity index (χ0n) is 7.58. The average molecular weight is 162 g/mol. The predicted molar refractivity (Wildman–Crippen MR) is 48.9 cm³/mol. The molecule has 0 radical (unpaired) electrons. The third-order valence-electron chi connectivity index (χ3n) is 2.43. The summed E-state index contributed by atoms with van der Waals surface area (Å²) in [5.74, 6) is 0. The van der Waals surface area contributed by atoms with Crippen molar-refractivity contribution in [3.63, 3.8) is 0 Å². The number of rotatable bonds is 1. The third kappa shape index (κ3) is 1.14. The van der Waals surface area contributed by atoms with Gasteiger partial charge >= 0.3 is 0 Å². The van der Waals surface area contributed by atoms with E-state index in [1.54, 1.807) is 0 Å². The molecule has 12 heavy (non-hydrogen) atoms. The molecule has 0 N–H and O–H groups in total. The van der Waals surface area contributed by atoms with E-state index in [1.807, 2.05) is 6.07 Å². The molecule has 0 spiro atoms. The molecule has 1 aliphatic heterocycles. The Hall–Kier alpha value is -0.820. The average Bonchev–Trinajstić information content (AvgIpc) is 2.05. The molecule has 1 saturated heterocycles. The maximum atomic E-state index is 5.53. The fourth-order valence-corrected chi connectivity index (χ4v) is 1.68. The first kappa shape index (κ1) is 7.81. The van der Waals surface area contributed by atoms with Crippen LogP contribution in [0.15, 0.2) is 30.3 Å². The maximum absolute atomic E-state index is 5.53. The van der Waals surface area contributed by atoms with Crippen LogP contribution in [-0.4, -0.2) is 6.61 Å². The summed E-state index contributed by atoms with van der Waals surface area (Å²) < 4.78 is 5.53. The molecule has 2 rings (SSSR count). The van der Waals surface area contributed by atoms with Crippen molar-refractivity contribution in [2.24, 2.45) is 5.41 Å². The van der Waals surface area contributed by atoms with E-state index in [-0.39, 0.29) is 0 Å². The van der Waals surface area contributed by atoms with E-state index >= 15 is 0 Å². The van der Waals surface area contributed by atoms with Crippen LogP contribution in [0.2, 0.25) is 0 Å². The molecule has 1 nitrogen and oxygen atoms in total. The number of hydrogen-bond acceptors (Lipinski definition) is 1. The zero-order chi connectivity index (χ0) is 8.60. The lowest BCUT2D eigenvalue weighted by Crippen LogP contribution is -2.40. The van der Waals surface area contributed by atoms with Crippen LogP contribution in [0.3, 0.4) is 0 Å². The highest BCUT2D eigenvalue weighted by Crippen LogP contribution is 2.45. The highest BCUT2D eigenvalue weighted by molar-refractivity contribution is 5.21. The molecule has 0 aliphatic carbocycles. The Labute approximate surface area is 73.4 Å². The summed E-state index contributed by atoms with van der Waals surface area (Å²) in [6.45, 7) is 5.37. The Bertz CT molecular complexity index is 264. The predicted octanol–water partition coefficient (Wildman–Crippen LogP) is 2.78. The smallest absolute Gasteiger partial charge is 0.0898 e. The topological polar surface area (TPSA) is 9.23 Å².